The minimum absolute atomic E-state index is 0.221. The van der Waals surface area contributed by atoms with E-state index in [1.807, 2.05) is 34.2 Å². The second-order valence-corrected chi connectivity index (χ2v) is 12.5. The molecule has 14 nitrogen and oxygen atoms in total. The van der Waals surface area contributed by atoms with Gasteiger partial charge in [0.25, 0.3) is 10.2 Å². The van der Waals surface area contributed by atoms with Gasteiger partial charge in [-0.1, -0.05) is 55.8 Å². The highest BCUT2D eigenvalue weighted by atomic mass is 32.1. The maximum atomic E-state index is 13.6. The Kier molecular flexibility index (Phi) is 12.8. The zero-order valence-electron chi connectivity index (χ0n) is 28.0. The average Bonchev–Trinajstić information content (AvgIpc) is 3.79. The summed E-state index contributed by atoms with van der Waals surface area (Å²) in [7, 11) is 0. The van der Waals surface area contributed by atoms with Gasteiger partial charge < -0.3 is 23.7 Å². The van der Waals surface area contributed by atoms with Crippen LogP contribution in [-0.2, 0) is 47.1 Å². The molecule has 0 saturated carbocycles. The first kappa shape index (κ1) is 36.9. The van der Waals surface area contributed by atoms with Crippen molar-refractivity contribution in [1.29, 1.82) is 0 Å². The molecule has 5 aromatic rings. The van der Waals surface area contributed by atoms with Gasteiger partial charge in [0.1, 0.15) is 30.5 Å². The number of ether oxygens (including phenoxy) is 2. The quantitative estimate of drug-likeness (QED) is 0.0293. The van der Waals surface area contributed by atoms with Crippen LogP contribution in [0.3, 0.4) is 0 Å². The lowest BCUT2D eigenvalue weighted by Crippen LogP contribution is -2.14. The third-order valence-electron chi connectivity index (χ3n) is 7.67. The van der Waals surface area contributed by atoms with E-state index in [0.29, 0.717) is 47.3 Å². The molecule has 2 heterocycles. The van der Waals surface area contributed by atoms with Crippen LogP contribution in [0.25, 0.3) is 6.08 Å². The van der Waals surface area contributed by atoms with Gasteiger partial charge in [-0.2, -0.15) is 0 Å². The molecule has 5 rings (SSSR count). The molecule has 3 aromatic carbocycles. The molecule has 2 aromatic heterocycles. The van der Waals surface area contributed by atoms with Crippen LogP contribution in [0.4, 0.5) is 0 Å². The lowest BCUT2D eigenvalue weighted by Gasteiger charge is -2.13. The fourth-order valence-electron chi connectivity index (χ4n) is 5.14. The highest BCUT2D eigenvalue weighted by Crippen LogP contribution is 2.23. The third kappa shape index (κ3) is 10.8. The summed E-state index contributed by atoms with van der Waals surface area (Å²) in [4.78, 5) is 62.2. The minimum atomic E-state index is -0.891. The van der Waals surface area contributed by atoms with Gasteiger partial charge in [0.15, 0.2) is 0 Å². The standard InChI is InChI=1S/C37H34N4O10S/c1-2-3-12-35-38-22-31(20-30(21-34-11-6-17-52-34)37(43)51-33-10-5-8-28(19-33)25-49-41(46)47)39(35)23-26-13-15-29(16-14-26)36(42)50-32-9-4-7-27(18-32)24-48-40(44)45/h4-11,13-20,22H,2-3,12,21,23-25H2,1H3. The molecule has 0 bridgehead atoms. The van der Waals surface area contributed by atoms with E-state index in [0.717, 1.165) is 29.1 Å². The lowest BCUT2D eigenvalue weighted by molar-refractivity contribution is -0.763. The zero-order chi connectivity index (χ0) is 36.9. The van der Waals surface area contributed by atoms with Crippen LogP contribution in [0.5, 0.6) is 11.5 Å². The molecule has 0 saturated heterocycles. The van der Waals surface area contributed by atoms with E-state index >= 15 is 0 Å². The maximum Gasteiger partial charge on any atom is 0.343 e. The van der Waals surface area contributed by atoms with Crippen molar-refractivity contribution in [1.82, 2.24) is 9.55 Å². The Morgan fingerprint density at radius 1 is 0.846 bits per heavy atom. The predicted octanol–water partition coefficient (Wildman–Crippen LogP) is 7.20. The smallest absolute Gasteiger partial charge is 0.343 e. The minimum Gasteiger partial charge on any atom is -0.423 e. The Hall–Kier alpha value is -6.35. The van der Waals surface area contributed by atoms with Crippen molar-refractivity contribution >= 4 is 29.4 Å². The van der Waals surface area contributed by atoms with E-state index in [2.05, 4.69) is 16.6 Å². The molecular weight excluding hydrogens is 692 g/mol. The Bertz CT molecular complexity index is 2040. The molecule has 0 radical (unpaired) electrons. The van der Waals surface area contributed by atoms with Crippen LogP contribution in [0.15, 0.2) is 102 Å². The molecule has 0 atom stereocenters. The molecule has 0 aliphatic carbocycles. The van der Waals surface area contributed by atoms with Gasteiger partial charge in [-0.25, -0.2) is 14.6 Å². The van der Waals surface area contributed by atoms with E-state index in [4.69, 9.17) is 14.5 Å². The van der Waals surface area contributed by atoms with Crippen molar-refractivity contribution in [2.75, 3.05) is 0 Å². The van der Waals surface area contributed by atoms with Gasteiger partial charge in [0.2, 0.25) is 0 Å². The molecule has 0 spiro atoms. The van der Waals surface area contributed by atoms with Gasteiger partial charge in [0.05, 0.1) is 17.5 Å². The molecule has 15 heteroatoms. The van der Waals surface area contributed by atoms with Crippen LogP contribution in [0, 0.1) is 20.2 Å². The van der Waals surface area contributed by atoms with Crippen molar-refractivity contribution in [3.8, 4) is 11.5 Å². The highest BCUT2D eigenvalue weighted by molar-refractivity contribution is 7.09. The van der Waals surface area contributed by atoms with E-state index in [-0.39, 0.29) is 24.7 Å². The van der Waals surface area contributed by atoms with E-state index in [1.54, 1.807) is 60.8 Å². The molecule has 268 valence electrons. The van der Waals surface area contributed by atoms with Crippen molar-refractivity contribution in [3.63, 3.8) is 0 Å². The van der Waals surface area contributed by atoms with Crippen LogP contribution in [0.2, 0.25) is 0 Å². The van der Waals surface area contributed by atoms with Gasteiger partial charge in [-0.15, -0.1) is 31.6 Å². The van der Waals surface area contributed by atoms with Gasteiger partial charge in [-0.05, 0) is 77.0 Å². The largest absolute Gasteiger partial charge is 0.423 e. The van der Waals surface area contributed by atoms with Crippen LogP contribution < -0.4 is 9.47 Å². The molecule has 0 fully saturated rings. The molecule has 0 aliphatic heterocycles. The number of aromatic nitrogens is 2. The Morgan fingerprint density at radius 3 is 2.10 bits per heavy atom. The summed E-state index contributed by atoms with van der Waals surface area (Å²) in [5.74, 6) is 0.102. The third-order valence-corrected chi connectivity index (χ3v) is 8.55. The van der Waals surface area contributed by atoms with Crippen molar-refractivity contribution in [2.24, 2.45) is 0 Å². The topological polar surface area (TPSA) is 175 Å². The summed E-state index contributed by atoms with van der Waals surface area (Å²) in [5.41, 5.74) is 3.19. The van der Waals surface area contributed by atoms with Crippen molar-refractivity contribution in [3.05, 3.63) is 161 Å². The van der Waals surface area contributed by atoms with E-state index in [9.17, 15) is 29.8 Å². The number of thiophene rings is 1. The Labute approximate surface area is 302 Å². The summed E-state index contributed by atoms with van der Waals surface area (Å²) in [6.07, 6.45) is 6.37. The molecule has 52 heavy (non-hydrogen) atoms. The zero-order valence-corrected chi connectivity index (χ0v) is 28.9. The first-order valence-corrected chi connectivity index (χ1v) is 17.1. The number of benzene rings is 3. The number of hydrogen-bond donors (Lipinski definition) is 0. The average molecular weight is 727 g/mol. The predicted molar refractivity (Wildman–Crippen MR) is 189 cm³/mol. The molecule has 0 unspecified atom stereocenters. The summed E-state index contributed by atoms with van der Waals surface area (Å²) >= 11 is 1.51. The summed E-state index contributed by atoms with van der Waals surface area (Å²) in [6, 6.07) is 23.4. The number of aryl methyl sites for hydroxylation is 1. The molecule has 0 amide bonds. The van der Waals surface area contributed by atoms with Gasteiger partial charge >= 0.3 is 11.9 Å². The summed E-state index contributed by atoms with van der Waals surface area (Å²) < 4.78 is 13.3. The fraction of sp³-hybridized carbons (Fsp3) is 0.216. The number of nitrogens with zero attached hydrogens (tertiary/aromatic N) is 4. The Morgan fingerprint density at radius 2 is 1.50 bits per heavy atom. The van der Waals surface area contributed by atoms with Crippen molar-refractivity contribution < 1.29 is 38.9 Å². The fourth-order valence-corrected chi connectivity index (χ4v) is 5.87. The lowest BCUT2D eigenvalue weighted by atomic mass is 10.1. The number of hydrogen-bond acceptors (Lipinski definition) is 12. The van der Waals surface area contributed by atoms with Crippen molar-refractivity contribution in [2.45, 2.75) is 52.4 Å². The molecule has 0 aliphatic rings. The number of imidazole rings is 1. The Balaban J connectivity index is 1.36. The normalized spacial score (nSPS) is 11.1. The number of carbonyl (C=O) groups is 2. The number of esters is 2. The van der Waals surface area contributed by atoms with E-state index in [1.165, 1.54) is 23.5 Å². The number of unbranched alkanes of at least 4 members (excludes halogenated alkanes) is 1. The maximum absolute atomic E-state index is 13.6. The molecular formula is C37H34N4O10S. The first-order valence-electron chi connectivity index (χ1n) is 16.2. The van der Waals surface area contributed by atoms with Crippen LogP contribution in [-0.4, -0.2) is 31.7 Å². The first-order chi connectivity index (χ1) is 25.2. The monoisotopic (exact) mass is 726 g/mol. The summed E-state index contributed by atoms with van der Waals surface area (Å²) in [6.45, 7) is 1.94. The van der Waals surface area contributed by atoms with Gasteiger partial charge in [0, 0.05) is 29.8 Å². The number of carbonyl (C=O) groups excluding carboxylic acids is 2. The number of rotatable bonds is 18. The SMILES string of the molecule is CCCCc1ncc(C=C(Cc2cccs2)C(=O)Oc2cccc(CO[N+](=O)[O-])c2)n1Cc1ccc(C(=O)Oc2cccc(CO[N+](=O)[O-])c2)cc1. The van der Waals surface area contributed by atoms with E-state index < -0.39 is 22.1 Å². The van der Waals surface area contributed by atoms with Crippen LogP contribution in [0.1, 0.15) is 63.2 Å². The highest BCUT2D eigenvalue weighted by Gasteiger charge is 2.18. The second kappa shape index (κ2) is 18.1. The van der Waals surface area contributed by atoms with Gasteiger partial charge in [-0.3, -0.25) is 0 Å². The summed E-state index contributed by atoms with van der Waals surface area (Å²) in [5, 5.41) is 21.3. The van der Waals surface area contributed by atoms with Crippen LogP contribution >= 0.6 is 11.3 Å². The second-order valence-electron chi connectivity index (χ2n) is 11.5. The molecule has 0 N–H and O–H groups in total.